The predicted octanol–water partition coefficient (Wildman–Crippen LogP) is 6.66. The third kappa shape index (κ3) is 5.61. The van der Waals surface area contributed by atoms with Crippen LogP contribution in [0.1, 0.15) is 0 Å². The van der Waals surface area contributed by atoms with E-state index >= 15 is 0 Å². The third-order valence-corrected chi connectivity index (χ3v) is 3.93. The molecule has 0 N–H and O–H groups in total. The van der Waals surface area contributed by atoms with Crippen molar-refractivity contribution in [2.45, 2.75) is 4.29 Å². The Morgan fingerprint density at radius 1 is 0.667 bits per heavy atom. The lowest BCUT2D eigenvalue weighted by Crippen LogP contribution is -2.18. The third-order valence-electron chi connectivity index (χ3n) is 0.756. The molecule has 0 fully saturated rings. The van der Waals surface area contributed by atoms with Crippen LogP contribution < -0.4 is 0 Å². The van der Waals surface area contributed by atoms with Gasteiger partial charge in [-0.25, -0.2) is 0 Å². The normalized spacial score (nSPS) is 13.0. The molecule has 0 unspecified atom stereocenters. The molecular formula is C4Br8. The van der Waals surface area contributed by atoms with E-state index < -0.39 is 4.29 Å². The summed E-state index contributed by atoms with van der Waals surface area (Å²) in [4.78, 5) is 0. The zero-order chi connectivity index (χ0) is 10.2. The second kappa shape index (κ2) is 5.77. The Morgan fingerprint density at radius 2 is 0.917 bits per heavy atom. The Labute approximate surface area is 138 Å². The lowest BCUT2D eigenvalue weighted by Gasteiger charge is -2.25. The molecule has 0 aromatic rings. The number of hydrogen-bond acceptors (Lipinski definition) is 0. The topological polar surface area (TPSA) is 0 Å². The first-order valence-corrected chi connectivity index (χ1v) is 8.61. The van der Waals surface area contributed by atoms with E-state index in [1.54, 1.807) is 0 Å². The summed E-state index contributed by atoms with van der Waals surface area (Å²) in [5.41, 5.74) is 0.912. The molecule has 0 nitrogen and oxygen atoms in total. The van der Waals surface area contributed by atoms with E-state index in [9.17, 15) is 0 Å². The predicted molar refractivity (Wildman–Crippen MR) is 83.9 cm³/mol. The molecule has 0 amide bonds. The van der Waals surface area contributed by atoms with Crippen molar-refractivity contribution in [2.75, 3.05) is 0 Å². The van der Waals surface area contributed by atoms with Gasteiger partial charge in [0.1, 0.15) is 0 Å². The Balaban J connectivity index is 5.13. The minimum absolute atomic E-state index is 0.494. The SMILES string of the molecule is BrC(Br)=C(C(Br)(Br)Br)C(Br)(Br)Br. The van der Waals surface area contributed by atoms with Crippen molar-refractivity contribution in [2.24, 2.45) is 0 Å². The van der Waals surface area contributed by atoms with Gasteiger partial charge >= 0.3 is 0 Å². The van der Waals surface area contributed by atoms with Gasteiger partial charge in [0.2, 0.25) is 0 Å². The van der Waals surface area contributed by atoms with Crippen molar-refractivity contribution in [3.63, 3.8) is 0 Å². The van der Waals surface area contributed by atoms with Gasteiger partial charge in [0.15, 0.2) is 4.29 Å². The van der Waals surface area contributed by atoms with Gasteiger partial charge < -0.3 is 0 Å². The minimum atomic E-state index is -0.494. The van der Waals surface area contributed by atoms with Crippen LogP contribution in [0.15, 0.2) is 8.96 Å². The summed E-state index contributed by atoms with van der Waals surface area (Å²) < 4.78 is -0.177. The molecule has 72 valence electrons. The number of rotatable bonds is 0. The lowest BCUT2D eigenvalue weighted by atomic mass is 10.4. The van der Waals surface area contributed by atoms with E-state index in [2.05, 4.69) is 127 Å². The second-order valence-corrected chi connectivity index (χ2v) is 17.8. The zero-order valence-corrected chi connectivity index (χ0v) is 17.7. The molecule has 0 bridgehead atoms. The maximum Gasteiger partial charge on any atom is 0.160 e. The van der Waals surface area contributed by atoms with E-state index in [0.717, 1.165) is 8.96 Å². The van der Waals surface area contributed by atoms with Crippen molar-refractivity contribution in [1.82, 2.24) is 0 Å². The van der Waals surface area contributed by atoms with Crippen LogP contribution in [0.5, 0.6) is 0 Å². The fraction of sp³-hybridized carbons (Fsp3) is 0.500. The molecular weight excluding hydrogens is 687 g/mol. The Kier molecular flexibility index (Phi) is 7.50. The number of allylic oxidation sites excluding steroid dienone is 1. The van der Waals surface area contributed by atoms with Crippen molar-refractivity contribution in [3.05, 3.63) is 8.96 Å². The summed E-state index contributed by atoms with van der Waals surface area (Å²) in [5, 5.41) is 0. The summed E-state index contributed by atoms with van der Waals surface area (Å²) in [6, 6.07) is 0. The molecule has 8 heteroatoms. The monoisotopic (exact) mass is 679 g/mol. The molecule has 0 aliphatic carbocycles. The van der Waals surface area contributed by atoms with E-state index in [1.807, 2.05) is 0 Å². The van der Waals surface area contributed by atoms with Crippen LogP contribution in [0, 0.1) is 0 Å². The van der Waals surface area contributed by atoms with Crippen molar-refractivity contribution in [3.8, 4) is 0 Å². The average Bonchev–Trinajstić information content (AvgIpc) is 1.49. The van der Waals surface area contributed by atoms with Crippen LogP contribution >= 0.6 is 127 Å². The molecule has 0 aromatic carbocycles. The Morgan fingerprint density at radius 3 is 0.917 bits per heavy atom. The first kappa shape index (κ1) is 15.6. The van der Waals surface area contributed by atoms with Gasteiger partial charge in [-0.3, -0.25) is 0 Å². The van der Waals surface area contributed by atoms with Crippen LogP contribution in [-0.2, 0) is 0 Å². The van der Waals surface area contributed by atoms with Crippen molar-refractivity contribution < 1.29 is 0 Å². The number of hydrogen-bond donors (Lipinski definition) is 0. The van der Waals surface area contributed by atoms with E-state index in [1.165, 1.54) is 0 Å². The summed E-state index contributed by atoms with van der Waals surface area (Å²) in [5.74, 6) is 0. The van der Waals surface area contributed by atoms with Crippen LogP contribution in [0.2, 0.25) is 0 Å². The standard InChI is InChI=1S/C4Br8/c5-2(6)1(3(7,8)9)4(10,11)12. The molecule has 0 aliphatic rings. The molecule has 0 aliphatic heterocycles. The van der Waals surface area contributed by atoms with Crippen LogP contribution in [0.3, 0.4) is 0 Å². The number of alkyl halides is 6. The fourth-order valence-electron chi connectivity index (χ4n) is 0.375. The van der Waals surface area contributed by atoms with Gasteiger partial charge in [0.25, 0.3) is 0 Å². The largest absolute Gasteiger partial charge is 0.160 e. The van der Waals surface area contributed by atoms with Crippen LogP contribution in [-0.4, -0.2) is 4.29 Å². The van der Waals surface area contributed by atoms with Crippen LogP contribution in [0.25, 0.3) is 0 Å². The first-order valence-electron chi connectivity index (χ1n) is 2.26. The first-order chi connectivity index (χ1) is 5.07. The van der Waals surface area contributed by atoms with Gasteiger partial charge in [-0.05, 0) is 31.9 Å². The zero-order valence-electron chi connectivity index (χ0n) is 5.02. The van der Waals surface area contributed by atoms with Crippen molar-refractivity contribution in [1.29, 1.82) is 0 Å². The molecule has 0 atom stereocenters. The van der Waals surface area contributed by atoms with Gasteiger partial charge in [0, 0.05) is 5.57 Å². The van der Waals surface area contributed by atoms with Gasteiger partial charge in [-0.15, -0.1) is 0 Å². The van der Waals surface area contributed by atoms with Gasteiger partial charge in [-0.1, -0.05) is 95.6 Å². The smallest absolute Gasteiger partial charge is 0.0547 e. The lowest BCUT2D eigenvalue weighted by molar-refractivity contribution is 1.31. The maximum atomic E-state index is 3.41. The highest BCUT2D eigenvalue weighted by atomic mass is 80.0. The van der Waals surface area contributed by atoms with Gasteiger partial charge in [0.05, 0.1) is 3.39 Å². The quantitative estimate of drug-likeness (QED) is 0.250. The molecule has 0 spiro atoms. The summed E-state index contributed by atoms with van der Waals surface area (Å²) in [6.45, 7) is 0. The number of halogens is 8. The molecule has 0 radical (unpaired) electrons. The molecule has 0 saturated carbocycles. The summed E-state index contributed by atoms with van der Waals surface area (Å²) >= 11 is 27.1. The highest BCUT2D eigenvalue weighted by molar-refractivity contribution is 9.41. The Hall–Kier alpha value is 3.58. The molecule has 12 heavy (non-hydrogen) atoms. The molecule has 0 saturated heterocycles. The van der Waals surface area contributed by atoms with Gasteiger partial charge in [-0.2, -0.15) is 0 Å². The fourth-order valence-corrected chi connectivity index (χ4v) is 10.1. The Bertz CT molecular complexity index is 172. The molecule has 0 aromatic heterocycles. The van der Waals surface area contributed by atoms with Crippen LogP contribution in [0.4, 0.5) is 0 Å². The van der Waals surface area contributed by atoms with E-state index in [0.29, 0.717) is 0 Å². The molecule has 0 rings (SSSR count). The minimum Gasteiger partial charge on any atom is -0.0547 e. The molecule has 0 heterocycles. The highest BCUT2D eigenvalue weighted by Crippen LogP contribution is 2.56. The summed E-state index contributed by atoms with van der Waals surface area (Å²) in [7, 11) is 0. The maximum absolute atomic E-state index is 3.41. The average molecular weight is 687 g/mol. The van der Waals surface area contributed by atoms with E-state index in [4.69, 9.17) is 0 Å². The second-order valence-electron chi connectivity index (χ2n) is 1.63. The van der Waals surface area contributed by atoms with Crippen molar-refractivity contribution >= 4 is 127 Å². The highest BCUT2D eigenvalue weighted by Gasteiger charge is 2.39. The summed E-state index contributed by atoms with van der Waals surface area (Å²) in [6.07, 6.45) is 0. The van der Waals surface area contributed by atoms with E-state index in [-0.39, 0.29) is 0 Å².